The minimum absolute atomic E-state index is 0.144. The van der Waals surface area contributed by atoms with Crippen molar-refractivity contribution in [1.82, 2.24) is 5.32 Å². The number of furan rings is 1. The second kappa shape index (κ2) is 7.25. The molecule has 0 saturated heterocycles. The van der Waals surface area contributed by atoms with Crippen molar-refractivity contribution in [2.45, 2.75) is 6.10 Å². The molecule has 1 heterocycles. The average Bonchev–Trinajstić information content (AvgIpc) is 3.03. The maximum atomic E-state index is 11.7. The van der Waals surface area contributed by atoms with Gasteiger partial charge in [0.25, 0.3) is 0 Å². The maximum absolute atomic E-state index is 11.7. The summed E-state index contributed by atoms with van der Waals surface area (Å²) in [5, 5.41) is 5.01. The molecule has 0 aliphatic carbocycles. The number of carbonyl (C=O) groups excluding carboxylic acids is 2. The maximum Gasteiger partial charge on any atom is 0.313 e. The van der Waals surface area contributed by atoms with Crippen LogP contribution in [0.4, 0.5) is 5.69 Å². The summed E-state index contributed by atoms with van der Waals surface area (Å²) in [5.41, 5.74) is 0.562. The van der Waals surface area contributed by atoms with Gasteiger partial charge in [0, 0.05) is 12.8 Å². The van der Waals surface area contributed by atoms with E-state index in [-0.39, 0.29) is 6.54 Å². The third-order valence-electron chi connectivity index (χ3n) is 2.83. The van der Waals surface area contributed by atoms with E-state index in [1.165, 1.54) is 13.4 Å². The highest BCUT2D eigenvalue weighted by Gasteiger charge is 2.18. The van der Waals surface area contributed by atoms with Gasteiger partial charge in [-0.25, -0.2) is 0 Å². The van der Waals surface area contributed by atoms with Crippen LogP contribution in [0.5, 0.6) is 0 Å². The van der Waals surface area contributed by atoms with Gasteiger partial charge < -0.3 is 19.8 Å². The summed E-state index contributed by atoms with van der Waals surface area (Å²) in [5.74, 6) is -0.871. The van der Waals surface area contributed by atoms with Crippen molar-refractivity contribution in [1.29, 1.82) is 0 Å². The van der Waals surface area contributed by atoms with Crippen LogP contribution in [-0.4, -0.2) is 25.5 Å². The number of amides is 2. The fourth-order valence-electron chi connectivity index (χ4n) is 1.75. The van der Waals surface area contributed by atoms with Gasteiger partial charge in [-0.3, -0.25) is 9.59 Å². The van der Waals surface area contributed by atoms with Crippen molar-refractivity contribution >= 4 is 17.5 Å². The van der Waals surface area contributed by atoms with E-state index in [4.69, 9.17) is 9.15 Å². The van der Waals surface area contributed by atoms with Crippen molar-refractivity contribution in [2.75, 3.05) is 19.0 Å². The van der Waals surface area contributed by atoms with E-state index in [9.17, 15) is 9.59 Å². The van der Waals surface area contributed by atoms with Crippen LogP contribution in [0.25, 0.3) is 0 Å². The molecule has 0 spiro atoms. The van der Waals surface area contributed by atoms with Gasteiger partial charge in [-0.1, -0.05) is 18.2 Å². The molecule has 2 N–H and O–H groups in total. The Bertz CT molecular complexity index is 581. The molecule has 2 amide bonds. The summed E-state index contributed by atoms with van der Waals surface area (Å²) in [6, 6.07) is 12.2. The lowest BCUT2D eigenvalue weighted by Gasteiger charge is -2.13. The molecule has 1 unspecified atom stereocenters. The zero-order chi connectivity index (χ0) is 15.1. The summed E-state index contributed by atoms with van der Waals surface area (Å²) in [4.78, 5) is 23.4. The molecule has 2 aromatic rings. The minimum atomic E-state index is -0.729. The summed E-state index contributed by atoms with van der Waals surface area (Å²) in [6.45, 7) is 0.144. The minimum Gasteiger partial charge on any atom is -0.467 e. The number of para-hydroxylation sites is 1. The van der Waals surface area contributed by atoms with Gasteiger partial charge >= 0.3 is 11.8 Å². The molecule has 110 valence electrons. The Labute approximate surface area is 122 Å². The molecule has 0 saturated carbocycles. The number of hydrogen-bond donors (Lipinski definition) is 2. The summed E-state index contributed by atoms with van der Waals surface area (Å²) in [7, 11) is 1.50. The molecular weight excluding hydrogens is 272 g/mol. The van der Waals surface area contributed by atoms with Crippen molar-refractivity contribution in [3.05, 3.63) is 54.5 Å². The number of hydrogen-bond acceptors (Lipinski definition) is 4. The van der Waals surface area contributed by atoms with E-state index in [1.807, 2.05) is 6.07 Å². The Hall–Kier alpha value is -2.60. The predicted octanol–water partition coefficient (Wildman–Crippen LogP) is 1.72. The fraction of sp³-hybridized carbons (Fsp3) is 0.200. The Morgan fingerprint density at radius 2 is 1.90 bits per heavy atom. The highest BCUT2D eigenvalue weighted by molar-refractivity contribution is 6.39. The van der Waals surface area contributed by atoms with Crippen molar-refractivity contribution in [2.24, 2.45) is 0 Å². The summed E-state index contributed by atoms with van der Waals surface area (Å²) >= 11 is 0. The third kappa shape index (κ3) is 4.19. The normalized spacial score (nSPS) is 11.7. The monoisotopic (exact) mass is 288 g/mol. The van der Waals surface area contributed by atoms with Gasteiger partial charge in [-0.2, -0.15) is 0 Å². The van der Waals surface area contributed by atoms with E-state index in [0.29, 0.717) is 11.4 Å². The first-order chi connectivity index (χ1) is 10.2. The van der Waals surface area contributed by atoms with Crippen LogP contribution >= 0.6 is 0 Å². The number of nitrogens with one attached hydrogen (secondary N) is 2. The van der Waals surface area contributed by atoms with Crippen LogP contribution in [0.1, 0.15) is 11.9 Å². The quantitative estimate of drug-likeness (QED) is 0.821. The largest absolute Gasteiger partial charge is 0.467 e. The van der Waals surface area contributed by atoms with Crippen LogP contribution in [0.15, 0.2) is 53.1 Å². The van der Waals surface area contributed by atoms with Gasteiger partial charge in [-0.15, -0.1) is 0 Å². The molecule has 6 heteroatoms. The van der Waals surface area contributed by atoms with E-state index >= 15 is 0 Å². The lowest BCUT2D eigenvalue weighted by Crippen LogP contribution is -2.37. The van der Waals surface area contributed by atoms with Gasteiger partial charge in [-0.05, 0) is 24.3 Å². The highest BCUT2D eigenvalue weighted by Crippen LogP contribution is 2.15. The molecule has 1 atom stereocenters. The SMILES string of the molecule is COC(CNC(=O)C(=O)Nc1ccccc1)c1ccco1. The van der Waals surface area contributed by atoms with Gasteiger partial charge in [0.2, 0.25) is 0 Å². The zero-order valence-electron chi connectivity index (χ0n) is 11.5. The van der Waals surface area contributed by atoms with Crippen molar-refractivity contribution in [3.63, 3.8) is 0 Å². The van der Waals surface area contributed by atoms with E-state index in [0.717, 1.165) is 0 Å². The molecule has 0 aliphatic heterocycles. The standard InChI is InChI=1S/C15H16N2O4/c1-20-13(12-8-5-9-21-12)10-16-14(18)15(19)17-11-6-3-2-4-7-11/h2-9,13H,10H2,1H3,(H,16,18)(H,17,19). The predicted molar refractivity (Wildman–Crippen MR) is 76.5 cm³/mol. The first kappa shape index (κ1) is 14.8. The summed E-state index contributed by atoms with van der Waals surface area (Å²) in [6.07, 6.45) is 1.08. The number of carbonyl (C=O) groups is 2. The molecule has 21 heavy (non-hydrogen) atoms. The van der Waals surface area contributed by atoms with Crippen LogP contribution in [0.2, 0.25) is 0 Å². The molecule has 6 nitrogen and oxygen atoms in total. The first-order valence-electron chi connectivity index (χ1n) is 6.41. The molecule has 0 aliphatic rings. The Morgan fingerprint density at radius 1 is 1.14 bits per heavy atom. The molecule has 2 rings (SSSR count). The van der Waals surface area contributed by atoms with Crippen LogP contribution in [-0.2, 0) is 14.3 Å². The van der Waals surface area contributed by atoms with Crippen LogP contribution in [0, 0.1) is 0 Å². The van der Waals surface area contributed by atoms with Crippen molar-refractivity contribution in [3.8, 4) is 0 Å². The molecular formula is C15H16N2O4. The van der Waals surface area contributed by atoms with Crippen molar-refractivity contribution < 1.29 is 18.7 Å². The Morgan fingerprint density at radius 3 is 2.52 bits per heavy atom. The summed E-state index contributed by atoms with van der Waals surface area (Å²) < 4.78 is 10.4. The number of anilines is 1. The Balaban J connectivity index is 1.85. The molecule has 1 aromatic heterocycles. The molecule has 0 fully saturated rings. The van der Waals surface area contributed by atoms with E-state index in [1.54, 1.807) is 36.4 Å². The first-order valence-corrected chi connectivity index (χ1v) is 6.41. The van der Waals surface area contributed by atoms with Crippen LogP contribution in [0.3, 0.4) is 0 Å². The van der Waals surface area contributed by atoms with E-state index < -0.39 is 17.9 Å². The number of methoxy groups -OCH3 is 1. The zero-order valence-corrected chi connectivity index (χ0v) is 11.5. The highest BCUT2D eigenvalue weighted by atomic mass is 16.5. The second-order valence-electron chi connectivity index (χ2n) is 4.27. The number of ether oxygens (including phenoxy) is 1. The van der Waals surface area contributed by atoms with Gasteiger partial charge in [0.15, 0.2) is 0 Å². The second-order valence-corrected chi connectivity index (χ2v) is 4.27. The topological polar surface area (TPSA) is 80.6 Å². The lowest BCUT2D eigenvalue weighted by molar-refractivity contribution is -0.136. The fourth-order valence-corrected chi connectivity index (χ4v) is 1.75. The lowest BCUT2D eigenvalue weighted by atomic mass is 10.2. The smallest absolute Gasteiger partial charge is 0.313 e. The number of benzene rings is 1. The van der Waals surface area contributed by atoms with Gasteiger partial charge in [0.05, 0.1) is 12.8 Å². The Kier molecular flexibility index (Phi) is 5.11. The molecule has 0 radical (unpaired) electrons. The number of rotatable bonds is 5. The molecule has 1 aromatic carbocycles. The molecule has 0 bridgehead atoms. The van der Waals surface area contributed by atoms with Gasteiger partial charge in [0.1, 0.15) is 11.9 Å². The van der Waals surface area contributed by atoms with E-state index in [2.05, 4.69) is 10.6 Å². The third-order valence-corrected chi connectivity index (χ3v) is 2.83. The average molecular weight is 288 g/mol. The van der Waals surface area contributed by atoms with Crippen LogP contribution < -0.4 is 10.6 Å².